The van der Waals surface area contributed by atoms with E-state index in [4.69, 9.17) is 14.2 Å². The number of carbonyl (C=O) groups excluding carboxylic acids is 2. The normalized spacial score (nSPS) is 12.4. The van der Waals surface area contributed by atoms with Crippen LogP contribution < -0.4 is 5.32 Å². The Labute approximate surface area is 149 Å². The summed E-state index contributed by atoms with van der Waals surface area (Å²) in [5, 5.41) is 23.0. The molecule has 0 aliphatic rings. The molecule has 0 unspecified atom stereocenters. The summed E-state index contributed by atoms with van der Waals surface area (Å²) in [6.45, 7) is 4.70. The van der Waals surface area contributed by atoms with Crippen LogP contribution in [0.15, 0.2) is 18.2 Å². The van der Waals surface area contributed by atoms with Crippen molar-refractivity contribution in [2.24, 2.45) is 0 Å². The highest BCUT2D eigenvalue weighted by atomic mass is 16.6. The number of benzene rings is 1. The van der Waals surface area contributed by atoms with Crippen LogP contribution in [0.3, 0.4) is 0 Å². The number of nitrogens with one attached hydrogen (secondary N) is 1. The Hall–Kier alpha value is -3.19. The molecular formula is C16H19N3O7. The summed E-state index contributed by atoms with van der Waals surface area (Å²) in [7, 11) is 0. The highest BCUT2D eigenvalue weighted by molar-refractivity contribution is 5.98. The number of carbonyl (C=O) groups is 2. The molecule has 1 aromatic rings. The highest BCUT2D eigenvalue weighted by Gasteiger charge is 2.43. The van der Waals surface area contributed by atoms with Gasteiger partial charge in [-0.25, -0.2) is 9.59 Å². The van der Waals surface area contributed by atoms with E-state index in [9.17, 15) is 25.0 Å². The lowest BCUT2D eigenvalue weighted by Crippen LogP contribution is -2.49. The lowest BCUT2D eigenvalue weighted by Gasteiger charge is -2.26. The van der Waals surface area contributed by atoms with Gasteiger partial charge in [-0.15, -0.1) is 0 Å². The number of nitriles is 1. The maximum absolute atomic E-state index is 12.2. The van der Waals surface area contributed by atoms with Crippen LogP contribution in [0, 0.1) is 21.4 Å². The molecule has 10 nitrogen and oxygen atoms in total. The molecular weight excluding hydrogens is 346 g/mol. The van der Waals surface area contributed by atoms with E-state index in [0.717, 1.165) is 18.2 Å². The summed E-state index contributed by atoms with van der Waals surface area (Å²) < 4.78 is 15.0. The van der Waals surface area contributed by atoms with Crippen LogP contribution in [0.5, 0.6) is 0 Å². The van der Waals surface area contributed by atoms with Crippen molar-refractivity contribution >= 4 is 23.3 Å². The van der Waals surface area contributed by atoms with E-state index >= 15 is 0 Å². The fourth-order valence-corrected chi connectivity index (χ4v) is 2.03. The van der Waals surface area contributed by atoms with Crippen molar-refractivity contribution in [3.8, 4) is 6.07 Å². The van der Waals surface area contributed by atoms with E-state index in [0.29, 0.717) is 0 Å². The molecule has 0 heterocycles. The molecule has 1 N–H and O–H groups in total. The molecule has 1 rings (SSSR count). The second-order valence-electron chi connectivity index (χ2n) is 4.78. The van der Waals surface area contributed by atoms with Crippen molar-refractivity contribution in [2.75, 3.05) is 25.1 Å². The predicted octanol–water partition coefficient (Wildman–Crippen LogP) is 2.00. The fourth-order valence-electron chi connectivity index (χ4n) is 2.03. The number of hydrogen-bond donors (Lipinski definition) is 1. The van der Waals surface area contributed by atoms with Crippen molar-refractivity contribution in [2.45, 2.75) is 26.5 Å². The number of hydrogen-bond acceptors (Lipinski definition) is 9. The van der Waals surface area contributed by atoms with Gasteiger partial charge in [0.15, 0.2) is 0 Å². The molecule has 0 fully saturated rings. The monoisotopic (exact) mass is 365 g/mol. The Kier molecular flexibility index (Phi) is 7.49. The van der Waals surface area contributed by atoms with Gasteiger partial charge in [0.05, 0.1) is 29.4 Å². The summed E-state index contributed by atoms with van der Waals surface area (Å²) in [4.78, 5) is 34.7. The minimum atomic E-state index is -2.28. The topological polar surface area (TPSA) is 141 Å². The zero-order chi connectivity index (χ0) is 19.7. The van der Waals surface area contributed by atoms with Crippen LogP contribution in [-0.4, -0.2) is 42.4 Å². The second-order valence-corrected chi connectivity index (χ2v) is 4.78. The van der Waals surface area contributed by atoms with Crippen LogP contribution in [0.2, 0.25) is 0 Å². The van der Waals surface area contributed by atoms with Gasteiger partial charge >= 0.3 is 17.7 Å². The number of anilines is 1. The Morgan fingerprint density at radius 3 is 2.38 bits per heavy atom. The molecule has 0 bridgehead atoms. The number of non-ortho nitro benzene ring substituents is 1. The van der Waals surface area contributed by atoms with E-state index in [1.807, 2.05) is 0 Å². The molecule has 1 aromatic carbocycles. The lowest BCUT2D eigenvalue weighted by atomic mass is 10.1. The van der Waals surface area contributed by atoms with Gasteiger partial charge in [0.1, 0.15) is 6.07 Å². The smallest absolute Gasteiger partial charge is 0.375 e. The molecule has 26 heavy (non-hydrogen) atoms. The van der Waals surface area contributed by atoms with E-state index in [1.54, 1.807) is 26.8 Å². The Morgan fingerprint density at radius 2 is 1.88 bits per heavy atom. The Morgan fingerprint density at radius 1 is 1.23 bits per heavy atom. The van der Waals surface area contributed by atoms with Gasteiger partial charge < -0.3 is 19.5 Å². The molecule has 0 amide bonds. The molecule has 1 atom stereocenters. The van der Waals surface area contributed by atoms with Crippen LogP contribution in [-0.2, 0) is 19.0 Å². The van der Waals surface area contributed by atoms with Gasteiger partial charge in [-0.2, -0.15) is 5.26 Å². The first-order chi connectivity index (χ1) is 12.3. The molecule has 0 radical (unpaired) electrons. The minimum absolute atomic E-state index is 0.0172. The van der Waals surface area contributed by atoms with Crippen molar-refractivity contribution in [1.29, 1.82) is 5.26 Å². The number of ether oxygens (including phenoxy) is 3. The number of nitro benzene ring substituents is 1. The van der Waals surface area contributed by atoms with Crippen molar-refractivity contribution in [3.05, 3.63) is 33.9 Å². The Balaban J connectivity index is 3.46. The van der Waals surface area contributed by atoms with Gasteiger partial charge in [-0.3, -0.25) is 10.1 Å². The zero-order valence-electron chi connectivity index (χ0n) is 14.6. The first kappa shape index (κ1) is 20.9. The number of nitrogens with zero attached hydrogens (tertiary/aromatic N) is 2. The maximum atomic E-state index is 12.2. The number of nitro groups is 1. The van der Waals surface area contributed by atoms with Crippen molar-refractivity contribution in [1.82, 2.24) is 0 Å². The van der Waals surface area contributed by atoms with E-state index in [2.05, 4.69) is 5.32 Å². The first-order valence-corrected chi connectivity index (χ1v) is 7.81. The van der Waals surface area contributed by atoms with E-state index in [1.165, 1.54) is 0 Å². The average molecular weight is 365 g/mol. The van der Waals surface area contributed by atoms with E-state index in [-0.39, 0.29) is 36.8 Å². The molecule has 0 aliphatic carbocycles. The molecule has 140 valence electrons. The molecule has 0 aliphatic heterocycles. The van der Waals surface area contributed by atoms with E-state index < -0.39 is 22.6 Å². The molecule has 0 saturated carbocycles. The third-order valence-electron chi connectivity index (χ3n) is 3.10. The van der Waals surface area contributed by atoms with Crippen molar-refractivity contribution < 1.29 is 28.7 Å². The number of esters is 2. The average Bonchev–Trinajstić information content (AvgIpc) is 2.61. The third-order valence-corrected chi connectivity index (χ3v) is 3.10. The molecule has 0 saturated heterocycles. The number of rotatable bonds is 9. The van der Waals surface area contributed by atoms with Gasteiger partial charge in [-0.05, 0) is 26.8 Å². The van der Waals surface area contributed by atoms with Crippen molar-refractivity contribution in [3.63, 3.8) is 0 Å². The van der Waals surface area contributed by atoms with Gasteiger partial charge in [-0.1, -0.05) is 0 Å². The lowest BCUT2D eigenvalue weighted by molar-refractivity contribution is -0.384. The highest BCUT2D eigenvalue weighted by Crippen LogP contribution is 2.27. The first-order valence-electron chi connectivity index (χ1n) is 7.81. The zero-order valence-corrected chi connectivity index (χ0v) is 14.6. The van der Waals surface area contributed by atoms with Gasteiger partial charge in [0.2, 0.25) is 0 Å². The fraction of sp³-hybridized carbons (Fsp3) is 0.438. The summed E-state index contributed by atoms with van der Waals surface area (Å²) in [6, 6.07) is 4.95. The molecule has 0 aromatic heterocycles. The quantitative estimate of drug-likeness (QED) is 0.301. The van der Waals surface area contributed by atoms with Crippen LogP contribution in [0.25, 0.3) is 0 Å². The second kappa shape index (κ2) is 9.33. The summed E-state index contributed by atoms with van der Waals surface area (Å²) in [6.07, 6.45) is 0. The summed E-state index contributed by atoms with van der Waals surface area (Å²) >= 11 is 0. The summed E-state index contributed by atoms with van der Waals surface area (Å²) in [5.74, 6) is -1.82. The largest absolute Gasteiger partial charge is 0.462 e. The minimum Gasteiger partial charge on any atom is -0.462 e. The predicted molar refractivity (Wildman–Crippen MR) is 89.3 cm³/mol. The summed E-state index contributed by atoms with van der Waals surface area (Å²) in [5.41, 5.74) is -2.89. The van der Waals surface area contributed by atoms with Crippen LogP contribution in [0.4, 0.5) is 11.4 Å². The van der Waals surface area contributed by atoms with Gasteiger partial charge in [0, 0.05) is 18.7 Å². The molecule has 10 heteroatoms. The SMILES string of the molecule is CCOC(=O)c1ccc([N+](=O)[O-])cc1N[C@](C#N)(OCC)C(=O)OCC. The van der Waals surface area contributed by atoms with Crippen LogP contribution in [0.1, 0.15) is 31.1 Å². The maximum Gasteiger partial charge on any atom is 0.375 e. The molecule has 0 spiro atoms. The van der Waals surface area contributed by atoms with Crippen LogP contribution >= 0.6 is 0 Å². The standard InChI is InChI=1S/C16H19N3O7/c1-4-24-14(20)12-8-7-11(19(22)23)9-13(12)18-16(10-17,26-6-3)15(21)25-5-2/h7-9,18H,4-6H2,1-3H3/t16-/m1/s1. The third kappa shape index (κ3) is 4.67. The van der Waals surface area contributed by atoms with Gasteiger partial charge in [0.25, 0.3) is 5.69 Å². The Bertz CT molecular complexity index is 729.